The van der Waals surface area contributed by atoms with Gasteiger partial charge < -0.3 is 15.5 Å². The summed E-state index contributed by atoms with van der Waals surface area (Å²) < 4.78 is 0. The summed E-state index contributed by atoms with van der Waals surface area (Å²) in [4.78, 5) is 13.6. The van der Waals surface area contributed by atoms with Crippen molar-refractivity contribution in [1.29, 1.82) is 0 Å². The van der Waals surface area contributed by atoms with E-state index in [1.165, 1.54) is 0 Å². The van der Waals surface area contributed by atoms with Gasteiger partial charge in [0.1, 0.15) is 0 Å². The minimum Gasteiger partial charge on any atom is -0.354 e. The summed E-state index contributed by atoms with van der Waals surface area (Å²) in [5.74, 6) is 0.624. The van der Waals surface area contributed by atoms with E-state index in [0.717, 1.165) is 31.9 Å². The number of hydrogen-bond donors (Lipinski definition) is 2. The van der Waals surface area contributed by atoms with Gasteiger partial charge in [0.25, 0.3) is 5.91 Å². The van der Waals surface area contributed by atoms with Crippen LogP contribution in [0.2, 0.25) is 0 Å². The maximum atomic E-state index is 11.4. The molecule has 0 radical (unpaired) electrons. The first-order chi connectivity index (χ1) is 8.76. The Morgan fingerprint density at radius 2 is 2.39 bits per heavy atom. The van der Waals surface area contributed by atoms with Gasteiger partial charge in [-0.1, -0.05) is 0 Å². The van der Waals surface area contributed by atoms with Gasteiger partial charge in [-0.3, -0.25) is 4.79 Å². The van der Waals surface area contributed by atoms with Gasteiger partial charge in [0, 0.05) is 26.2 Å². The lowest BCUT2D eigenvalue weighted by molar-refractivity contribution is 0.0957. The molecule has 1 aromatic rings. The fourth-order valence-corrected chi connectivity index (χ4v) is 2.24. The smallest absolute Gasteiger partial charge is 0.271 e. The number of carbonyl (C=O) groups is 1. The van der Waals surface area contributed by atoms with Crippen molar-refractivity contribution in [3.63, 3.8) is 0 Å². The van der Waals surface area contributed by atoms with Crippen LogP contribution in [-0.2, 0) is 0 Å². The van der Waals surface area contributed by atoms with Gasteiger partial charge >= 0.3 is 0 Å². The highest BCUT2D eigenvalue weighted by atomic mass is 16.1. The molecule has 1 atom stereocenters. The van der Waals surface area contributed by atoms with E-state index in [1.54, 1.807) is 13.1 Å². The van der Waals surface area contributed by atoms with Crippen molar-refractivity contribution < 1.29 is 4.79 Å². The van der Waals surface area contributed by atoms with Crippen molar-refractivity contribution in [3.8, 4) is 0 Å². The molecule has 2 N–H and O–H groups in total. The molecule has 6 heteroatoms. The van der Waals surface area contributed by atoms with E-state index < -0.39 is 0 Å². The maximum absolute atomic E-state index is 11.4. The Kier molecular flexibility index (Phi) is 4.09. The van der Waals surface area contributed by atoms with Gasteiger partial charge in [0.05, 0.1) is 0 Å². The predicted octanol–water partition coefficient (Wildman–Crippen LogP) is 0.0244. The van der Waals surface area contributed by atoms with Crippen molar-refractivity contribution in [2.75, 3.05) is 31.6 Å². The van der Waals surface area contributed by atoms with E-state index in [1.807, 2.05) is 6.07 Å². The van der Waals surface area contributed by atoms with Crippen LogP contribution in [0.15, 0.2) is 12.1 Å². The van der Waals surface area contributed by atoms with Crippen molar-refractivity contribution in [3.05, 3.63) is 17.8 Å². The Morgan fingerprint density at radius 3 is 2.89 bits per heavy atom. The normalized spacial score (nSPS) is 18.7. The van der Waals surface area contributed by atoms with Crippen molar-refractivity contribution in [2.45, 2.75) is 19.4 Å². The second-order valence-corrected chi connectivity index (χ2v) is 4.29. The van der Waals surface area contributed by atoms with E-state index in [-0.39, 0.29) is 5.91 Å². The number of likely N-dealkylation sites (N-methyl/N-ethyl adjacent to an activating group) is 1. The summed E-state index contributed by atoms with van der Waals surface area (Å²) in [7, 11) is 1.58. The topological polar surface area (TPSA) is 70.2 Å². The number of aromatic nitrogens is 2. The molecule has 1 aliphatic rings. The second kappa shape index (κ2) is 5.77. The molecule has 2 rings (SSSR count). The molecule has 1 aliphatic heterocycles. The van der Waals surface area contributed by atoms with Crippen LogP contribution < -0.4 is 15.5 Å². The molecule has 1 aromatic heterocycles. The molecule has 98 valence electrons. The third-order valence-electron chi connectivity index (χ3n) is 3.22. The fraction of sp³-hybridized carbons (Fsp3) is 0.583. The van der Waals surface area contributed by atoms with Gasteiger partial charge in [-0.25, -0.2) is 0 Å². The largest absolute Gasteiger partial charge is 0.354 e. The van der Waals surface area contributed by atoms with Gasteiger partial charge in [0.15, 0.2) is 11.5 Å². The predicted molar refractivity (Wildman–Crippen MR) is 69.7 cm³/mol. The van der Waals surface area contributed by atoms with E-state index in [0.29, 0.717) is 11.7 Å². The summed E-state index contributed by atoms with van der Waals surface area (Å²) >= 11 is 0. The van der Waals surface area contributed by atoms with E-state index in [4.69, 9.17) is 0 Å². The Hall–Kier alpha value is -1.69. The number of nitrogens with zero attached hydrogens (tertiary/aromatic N) is 3. The zero-order valence-corrected chi connectivity index (χ0v) is 10.8. The first-order valence-electron chi connectivity index (χ1n) is 6.29. The summed E-state index contributed by atoms with van der Waals surface area (Å²) in [6, 6.07) is 4.04. The SMILES string of the molecule is CCN(c1ccc(C(=O)NC)nn1)C1CCNC1. The van der Waals surface area contributed by atoms with Gasteiger partial charge in [-0.2, -0.15) is 0 Å². The summed E-state index contributed by atoms with van der Waals surface area (Å²) in [6.07, 6.45) is 1.12. The highest BCUT2D eigenvalue weighted by Gasteiger charge is 2.22. The summed E-state index contributed by atoms with van der Waals surface area (Å²) in [6.45, 7) is 5.02. The average molecular weight is 249 g/mol. The Bertz CT molecular complexity index is 399. The fourth-order valence-electron chi connectivity index (χ4n) is 2.24. The van der Waals surface area contributed by atoms with Crippen LogP contribution in [0.4, 0.5) is 5.82 Å². The first-order valence-corrected chi connectivity index (χ1v) is 6.29. The molecular weight excluding hydrogens is 230 g/mol. The van der Waals surface area contributed by atoms with Crippen LogP contribution in [0, 0.1) is 0 Å². The number of hydrogen-bond acceptors (Lipinski definition) is 5. The Labute approximate surface area is 107 Å². The van der Waals surface area contributed by atoms with Crippen LogP contribution in [0.1, 0.15) is 23.8 Å². The summed E-state index contributed by atoms with van der Waals surface area (Å²) in [5.41, 5.74) is 0.349. The van der Waals surface area contributed by atoms with E-state index in [2.05, 4.69) is 32.7 Å². The number of rotatable bonds is 4. The minimum atomic E-state index is -0.209. The average Bonchev–Trinajstić information content (AvgIpc) is 2.93. The van der Waals surface area contributed by atoms with Crippen LogP contribution in [0.5, 0.6) is 0 Å². The number of anilines is 1. The lowest BCUT2D eigenvalue weighted by Crippen LogP contribution is -2.37. The first kappa shape index (κ1) is 12.8. The molecule has 1 amide bonds. The zero-order chi connectivity index (χ0) is 13.0. The molecule has 1 saturated heterocycles. The van der Waals surface area contributed by atoms with Crippen molar-refractivity contribution >= 4 is 11.7 Å². The molecule has 2 heterocycles. The third kappa shape index (κ3) is 2.59. The lowest BCUT2D eigenvalue weighted by Gasteiger charge is -2.27. The lowest BCUT2D eigenvalue weighted by atomic mass is 10.2. The van der Waals surface area contributed by atoms with E-state index in [9.17, 15) is 4.79 Å². The second-order valence-electron chi connectivity index (χ2n) is 4.29. The molecule has 0 saturated carbocycles. The van der Waals surface area contributed by atoms with Crippen molar-refractivity contribution in [1.82, 2.24) is 20.8 Å². The molecule has 1 fully saturated rings. The van der Waals surface area contributed by atoms with Crippen LogP contribution in [0.25, 0.3) is 0 Å². The molecule has 0 aromatic carbocycles. The molecule has 0 aliphatic carbocycles. The molecule has 18 heavy (non-hydrogen) atoms. The number of carbonyl (C=O) groups excluding carboxylic acids is 1. The standard InChI is InChI=1S/C12H19N5O/c1-3-17(9-6-7-14-8-9)11-5-4-10(15-16-11)12(18)13-2/h4-5,9,14H,3,6-8H2,1-2H3,(H,13,18). The van der Waals surface area contributed by atoms with Crippen molar-refractivity contribution in [2.24, 2.45) is 0 Å². The van der Waals surface area contributed by atoms with Crippen LogP contribution >= 0.6 is 0 Å². The minimum absolute atomic E-state index is 0.209. The highest BCUT2D eigenvalue weighted by molar-refractivity contribution is 5.91. The molecule has 6 nitrogen and oxygen atoms in total. The monoisotopic (exact) mass is 249 g/mol. The Morgan fingerprint density at radius 1 is 1.56 bits per heavy atom. The quantitative estimate of drug-likeness (QED) is 0.787. The van der Waals surface area contributed by atoms with Gasteiger partial charge in [-0.05, 0) is 32.0 Å². The van der Waals surface area contributed by atoms with Gasteiger partial charge in [0.2, 0.25) is 0 Å². The molecule has 1 unspecified atom stereocenters. The van der Waals surface area contributed by atoms with E-state index >= 15 is 0 Å². The highest BCUT2D eigenvalue weighted by Crippen LogP contribution is 2.16. The number of amides is 1. The zero-order valence-electron chi connectivity index (χ0n) is 10.8. The molecule has 0 bridgehead atoms. The molecular formula is C12H19N5O. The van der Waals surface area contributed by atoms with Crippen LogP contribution in [-0.4, -0.2) is 48.8 Å². The Balaban J connectivity index is 2.13. The molecule has 0 spiro atoms. The summed E-state index contributed by atoms with van der Waals surface area (Å²) in [5, 5.41) is 14.0. The third-order valence-corrected chi connectivity index (χ3v) is 3.22. The van der Waals surface area contributed by atoms with Gasteiger partial charge in [-0.15, -0.1) is 10.2 Å². The van der Waals surface area contributed by atoms with Crippen LogP contribution in [0.3, 0.4) is 0 Å². The number of nitrogens with one attached hydrogen (secondary N) is 2. The maximum Gasteiger partial charge on any atom is 0.271 e.